The summed E-state index contributed by atoms with van der Waals surface area (Å²) < 4.78 is 0. The summed E-state index contributed by atoms with van der Waals surface area (Å²) in [6.07, 6.45) is 2.60. The van der Waals surface area contributed by atoms with Gasteiger partial charge in [0, 0.05) is 22.7 Å². The second kappa shape index (κ2) is 5.45. The van der Waals surface area contributed by atoms with Crippen LogP contribution in [0.15, 0.2) is 12.4 Å². The first-order valence-electron chi connectivity index (χ1n) is 5.52. The normalized spacial score (nSPS) is 15.3. The number of hydrogen-bond donors (Lipinski definition) is 0. The van der Waals surface area contributed by atoms with Crippen molar-refractivity contribution in [1.82, 2.24) is 9.97 Å². The van der Waals surface area contributed by atoms with Crippen LogP contribution in [-0.4, -0.2) is 15.3 Å². The molecule has 0 aliphatic rings. The number of halogens is 1. The number of rotatable bonds is 4. The van der Waals surface area contributed by atoms with E-state index >= 15 is 0 Å². The zero-order valence-electron chi connectivity index (χ0n) is 9.87. The number of aromatic nitrogens is 2. The van der Waals surface area contributed by atoms with Crippen molar-refractivity contribution in [3.63, 3.8) is 0 Å². The summed E-state index contributed by atoms with van der Waals surface area (Å²) in [5.74, 6) is 0.728. The van der Waals surface area contributed by atoms with Gasteiger partial charge in [-0.15, -0.1) is 11.6 Å². The standard InChI is InChI=1S/C12H19ClN2/c1-5-10(13)9(4)12-6-11(8(2)3)14-7-15-12/h6-10H,5H2,1-4H3. The van der Waals surface area contributed by atoms with Gasteiger partial charge in [-0.2, -0.15) is 0 Å². The fourth-order valence-corrected chi connectivity index (χ4v) is 1.62. The second-order valence-electron chi connectivity index (χ2n) is 4.24. The van der Waals surface area contributed by atoms with Gasteiger partial charge in [-0.05, 0) is 18.4 Å². The van der Waals surface area contributed by atoms with Crippen LogP contribution in [0.3, 0.4) is 0 Å². The van der Waals surface area contributed by atoms with E-state index in [9.17, 15) is 0 Å². The molecule has 84 valence electrons. The molecular weight excluding hydrogens is 208 g/mol. The molecule has 0 saturated heterocycles. The van der Waals surface area contributed by atoms with Crippen molar-refractivity contribution in [1.29, 1.82) is 0 Å². The molecular formula is C12H19ClN2. The van der Waals surface area contributed by atoms with Crippen molar-refractivity contribution < 1.29 is 0 Å². The maximum atomic E-state index is 6.22. The van der Waals surface area contributed by atoms with Crippen molar-refractivity contribution >= 4 is 11.6 Å². The second-order valence-corrected chi connectivity index (χ2v) is 4.80. The molecule has 2 nitrogen and oxygen atoms in total. The number of hydrogen-bond acceptors (Lipinski definition) is 2. The van der Waals surface area contributed by atoms with E-state index in [-0.39, 0.29) is 11.3 Å². The van der Waals surface area contributed by atoms with Gasteiger partial charge >= 0.3 is 0 Å². The Balaban J connectivity index is 2.90. The summed E-state index contributed by atoms with van der Waals surface area (Å²) in [4.78, 5) is 8.55. The van der Waals surface area contributed by atoms with Gasteiger partial charge in [0.25, 0.3) is 0 Å². The molecule has 3 heteroatoms. The Hall–Kier alpha value is -0.630. The molecule has 0 saturated carbocycles. The predicted octanol–water partition coefficient (Wildman–Crippen LogP) is 3.72. The highest BCUT2D eigenvalue weighted by atomic mass is 35.5. The van der Waals surface area contributed by atoms with E-state index in [1.165, 1.54) is 0 Å². The maximum Gasteiger partial charge on any atom is 0.115 e. The summed E-state index contributed by atoms with van der Waals surface area (Å²) >= 11 is 6.22. The number of nitrogens with zero attached hydrogens (tertiary/aromatic N) is 2. The minimum atomic E-state index is 0.153. The minimum absolute atomic E-state index is 0.153. The van der Waals surface area contributed by atoms with Crippen LogP contribution in [0, 0.1) is 0 Å². The van der Waals surface area contributed by atoms with Crippen LogP contribution in [0.4, 0.5) is 0 Å². The van der Waals surface area contributed by atoms with Gasteiger partial charge in [-0.25, -0.2) is 9.97 Å². The van der Waals surface area contributed by atoms with Crippen LogP contribution in [-0.2, 0) is 0 Å². The highest BCUT2D eigenvalue weighted by Crippen LogP contribution is 2.25. The molecule has 1 heterocycles. The third-order valence-electron chi connectivity index (χ3n) is 2.70. The molecule has 2 atom stereocenters. The molecule has 1 aromatic heterocycles. The van der Waals surface area contributed by atoms with Crippen LogP contribution < -0.4 is 0 Å². The van der Waals surface area contributed by atoms with Crippen molar-refractivity contribution in [2.24, 2.45) is 0 Å². The lowest BCUT2D eigenvalue weighted by atomic mass is 9.99. The molecule has 1 rings (SSSR count). The van der Waals surface area contributed by atoms with E-state index in [4.69, 9.17) is 11.6 Å². The summed E-state index contributed by atoms with van der Waals surface area (Å²) in [6, 6.07) is 2.07. The smallest absolute Gasteiger partial charge is 0.115 e. The van der Waals surface area contributed by atoms with Crippen LogP contribution in [0.2, 0.25) is 0 Å². The third-order valence-corrected chi connectivity index (χ3v) is 3.39. The average molecular weight is 227 g/mol. The molecule has 0 fully saturated rings. The molecule has 0 aliphatic heterocycles. The lowest BCUT2D eigenvalue weighted by molar-refractivity contribution is 0.649. The van der Waals surface area contributed by atoms with E-state index in [1.54, 1.807) is 6.33 Å². The predicted molar refractivity (Wildman–Crippen MR) is 64.5 cm³/mol. The Morgan fingerprint density at radius 3 is 2.33 bits per heavy atom. The fraction of sp³-hybridized carbons (Fsp3) is 0.667. The first-order valence-corrected chi connectivity index (χ1v) is 5.95. The van der Waals surface area contributed by atoms with Crippen molar-refractivity contribution in [2.45, 2.75) is 51.3 Å². The summed E-state index contributed by atoms with van der Waals surface area (Å²) in [5.41, 5.74) is 2.14. The zero-order valence-corrected chi connectivity index (χ0v) is 10.6. The van der Waals surface area contributed by atoms with E-state index in [0.717, 1.165) is 17.8 Å². The molecule has 0 amide bonds. The van der Waals surface area contributed by atoms with Gasteiger partial charge in [-0.3, -0.25) is 0 Å². The maximum absolute atomic E-state index is 6.22. The van der Waals surface area contributed by atoms with Gasteiger partial charge < -0.3 is 0 Å². The monoisotopic (exact) mass is 226 g/mol. The molecule has 1 aromatic rings. The molecule has 15 heavy (non-hydrogen) atoms. The van der Waals surface area contributed by atoms with E-state index in [2.05, 4.69) is 43.7 Å². The molecule has 0 radical (unpaired) electrons. The molecule has 0 aromatic carbocycles. The summed E-state index contributed by atoms with van der Waals surface area (Å²) in [7, 11) is 0. The zero-order chi connectivity index (χ0) is 11.4. The molecule has 0 aliphatic carbocycles. The lowest BCUT2D eigenvalue weighted by Crippen LogP contribution is -2.11. The van der Waals surface area contributed by atoms with Gasteiger partial charge in [0.1, 0.15) is 6.33 Å². The van der Waals surface area contributed by atoms with E-state index in [0.29, 0.717) is 5.92 Å². The molecule has 2 unspecified atom stereocenters. The molecule has 0 spiro atoms. The van der Waals surface area contributed by atoms with Crippen molar-refractivity contribution in [3.05, 3.63) is 23.8 Å². The molecule has 0 bridgehead atoms. The fourth-order valence-electron chi connectivity index (χ4n) is 1.49. The first kappa shape index (κ1) is 12.4. The average Bonchev–Trinajstić information content (AvgIpc) is 2.27. The van der Waals surface area contributed by atoms with Gasteiger partial charge in [0.05, 0.1) is 0 Å². The third kappa shape index (κ3) is 3.16. The molecule has 0 N–H and O–H groups in total. The number of alkyl halides is 1. The SMILES string of the molecule is CCC(Cl)C(C)c1cc(C(C)C)ncn1. The van der Waals surface area contributed by atoms with Crippen LogP contribution in [0.5, 0.6) is 0 Å². The quantitative estimate of drug-likeness (QED) is 0.732. The topological polar surface area (TPSA) is 25.8 Å². The highest BCUT2D eigenvalue weighted by Gasteiger charge is 2.16. The minimum Gasteiger partial charge on any atom is -0.241 e. The van der Waals surface area contributed by atoms with Crippen LogP contribution in [0.25, 0.3) is 0 Å². The Labute approximate surface area is 97.1 Å². The van der Waals surface area contributed by atoms with Crippen LogP contribution >= 0.6 is 11.6 Å². The van der Waals surface area contributed by atoms with Gasteiger partial charge in [0.2, 0.25) is 0 Å². The largest absolute Gasteiger partial charge is 0.241 e. The van der Waals surface area contributed by atoms with Crippen molar-refractivity contribution in [3.8, 4) is 0 Å². The Bertz CT molecular complexity index is 312. The van der Waals surface area contributed by atoms with Crippen molar-refractivity contribution in [2.75, 3.05) is 0 Å². The van der Waals surface area contributed by atoms with Crippen LogP contribution in [0.1, 0.15) is 57.3 Å². The van der Waals surface area contributed by atoms with E-state index < -0.39 is 0 Å². The Morgan fingerprint density at radius 1 is 1.20 bits per heavy atom. The van der Waals surface area contributed by atoms with Gasteiger partial charge in [-0.1, -0.05) is 27.7 Å². The Kier molecular flexibility index (Phi) is 4.52. The Morgan fingerprint density at radius 2 is 1.80 bits per heavy atom. The first-order chi connectivity index (χ1) is 7.06. The van der Waals surface area contributed by atoms with Gasteiger partial charge in [0.15, 0.2) is 0 Å². The lowest BCUT2D eigenvalue weighted by Gasteiger charge is -2.16. The highest BCUT2D eigenvalue weighted by molar-refractivity contribution is 6.21. The summed E-state index contributed by atoms with van der Waals surface area (Å²) in [5, 5.41) is 0.153. The van der Waals surface area contributed by atoms with E-state index in [1.807, 2.05) is 0 Å². The summed E-state index contributed by atoms with van der Waals surface area (Å²) in [6.45, 7) is 8.48.